The summed E-state index contributed by atoms with van der Waals surface area (Å²) in [5.74, 6) is 0. The molecule has 0 spiro atoms. The van der Waals surface area contributed by atoms with E-state index in [2.05, 4.69) is 11.2 Å². The number of nitrogens with zero attached hydrogens (tertiary/aromatic N) is 2. The van der Waals surface area contributed by atoms with Crippen molar-refractivity contribution < 1.29 is 9.84 Å². The fraction of sp³-hybridized carbons (Fsp3) is 0.400. The Morgan fingerprint density at radius 3 is 3.05 bits per heavy atom. The highest BCUT2D eigenvalue weighted by atomic mass is 35.5. The Bertz CT molecular complexity index is 626. The quantitative estimate of drug-likeness (QED) is 0.941. The van der Waals surface area contributed by atoms with Gasteiger partial charge in [0.25, 0.3) is 0 Å². The summed E-state index contributed by atoms with van der Waals surface area (Å²) in [7, 11) is 1.64. The number of aromatic nitrogens is 2. The summed E-state index contributed by atoms with van der Waals surface area (Å²) in [5, 5.41) is 15.9. The van der Waals surface area contributed by atoms with E-state index in [-0.39, 0.29) is 0 Å². The lowest BCUT2D eigenvalue weighted by Gasteiger charge is -2.25. The number of rotatable bonds is 4. The van der Waals surface area contributed by atoms with Gasteiger partial charge < -0.3 is 9.84 Å². The molecule has 0 aliphatic heterocycles. The summed E-state index contributed by atoms with van der Waals surface area (Å²) < 4.78 is 6.83. The molecule has 1 aromatic heterocycles. The van der Waals surface area contributed by atoms with Gasteiger partial charge in [-0.2, -0.15) is 5.10 Å². The van der Waals surface area contributed by atoms with E-state index in [4.69, 9.17) is 16.3 Å². The Morgan fingerprint density at radius 2 is 2.25 bits per heavy atom. The third-order valence-electron chi connectivity index (χ3n) is 3.91. The number of hydrogen-bond acceptors (Lipinski definition) is 3. The molecule has 1 aliphatic carbocycles. The fourth-order valence-corrected chi connectivity index (χ4v) is 3.26. The molecule has 1 N–H and O–H groups in total. The number of hydrogen-bond donors (Lipinski definition) is 1. The van der Waals surface area contributed by atoms with Crippen molar-refractivity contribution in [3.63, 3.8) is 0 Å². The van der Waals surface area contributed by atoms with Crippen molar-refractivity contribution in [3.8, 4) is 0 Å². The molecule has 1 aromatic carbocycles. The lowest BCUT2D eigenvalue weighted by molar-refractivity contribution is 0.0704. The van der Waals surface area contributed by atoms with Gasteiger partial charge >= 0.3 is 0 Å². The zero-order chi connectivity index (χ0) is 14.2. The van der Waals surface area contributed by atoms with Crippen molar-refractivity contribution in [2.45, 2.75) is 25.0 Å². The topological polar surface area (TPSA) is 47.3 Å². The summed E-state index contributed by atoms with van der Waals surface area (Å²) in [4.78, 5) is 0. The van der Waals surface area contributed by atoms with Crippen LogP contribution in [0.25, 0.3) is 0 Å². The molecule has 4 nitrogen and oxygen atoms in total. The second kappa shape index (κ2) is 5.20. The van der Waals surface area contributed by atoms with Crippen molar-refractivity contribution >= 4 is 11.6 Å². The molecule has 5 heteroatoms. The van der Waals surface area contributed by atoms with Crippen LogP contribution in [0.4, 0.5) is 0 Å². The Kier molecular flexibility index (Phi) is 3.54. The number of halogens is 1. The normalized spacial score (nSPS) is 21.1. The maximum Gasteiger partial charge on any atom is 0.133 e. The number of ether oxygens (including phenoxy) is 1. The summed E-state index contributed by atoms with van der Waals surface area (Å²) >= 11 is 6.28. The van der Waals surface area contributed by atoms with Crippen LogP contribution in [0.15, 0.2) is 30.5 Å². The van der Waals surface area contributed by atoms with Crippen molar-refractivity contribution in [2.75, 3.05) is 13.7 Å². The van der Waals surface area contributed by atoms with Crippen LogP contribution in [0.5, 0.6) is 0 Å². The van der Waals surface area contributed by atoms with Gasteiger partial charge in [-0.05, 0) is 24.0 Å². The maximum absolute atomic E-state index is 11.2. The van der Waals surface area contributed by atoms with E-state index in [1.807, 2.05) is 18.2 Å². The first-order valence-corrected chi connectivity index (χ1v) is 7.06. The van der Waals surface area contributed by atoms with E-state index in [1.165, 1.54) is 5.56 Å². The number of aryl methyl sites for hydroxylation is 1. The first-order chi connectivity index (χ1) is 9.66. The summed E-state index contributed by atoms with van der Waals surface area (Å²) in [6, 6.07) is 7.96. The molecule has 0 radical (unpaired) electrons. The molecule has 0 fully saturated rings. The first-order valence-electron chi connectivity index (χ1n) is 6.68. The molecule has 0 saturated heterocycles. The van der Waals surface area contributed by atoms with E-state index in [1.54, 1.807) is 18.0 Å². The average molecular weight is 293 g/mol. The van der Waals surface area contributed by atoms with Gasteiger partial charge in [-0.3, -0.25) is 4.68 Å². The van der Waals surface area contributed by atoms with Crippen LogP contribution in [0.2, 0.25) is 5.02 Å². The summed E-state index contributed by atoms with van der Waals surface area (Å²) in [5.41, 5.74) is 1.71. The molecule has 1 heterocycles. The van der Waals surface area contributed by atoms with Gasteiger partial charge in [0.05, 0.1) is 30.1 Å². The highest BCUT2D eigenvalue weighted by molar-refractivity contribution is 6.31. The number of methoxy groups -OCH3 is 1. The second-order valence-corrected chi connectivity index (χ2v) is 5.48. The minimum atomic E-state index is -1.06. The minimum Gasteiger partial charge on any atom is -0.383 e. The highest BCUT2D eigenvalue weighted by Gasteiger charge is 2.42. The number of fused-ring (bicyclic) bond motifs is 1. The van der Waals surface area contributed by atoms with E-state index in [0.29, 0.717) is 30.3 Å². The average Bonchev–Trinajstić information content (AvgIpc) is 2.99. The van der Waals surface area contributed by atoms with Gasteiger partial charge in [-0.25, -0.2) is 0 Å². The van der Waals surface area contributed by atoms with Crippen LogP contribution < -0.4 is 0 Å². The standard InChI is InChI=1S/C15H17ClN2O2/c1-20-9-8-18-14(13(16)10-17-18)15(19)7-6-11-4-2-3-5-12(11)15/h2-5,10,19H,6-9H2,1H3. The Labute approximate surface area is 122 Å². The Balaban J connectivity index is 2.07. The molecule has 0 amide bonds. The van der Waals surface area contributed by atoms with Crippen molar-refractivity contribution in [1.29, 1.82) is 0 Å². The van der Waals surface area contributed by atoms with Crippen molar-refractivity contribution in [3.05, 3.63) is 52.3 Å². The van der Waals surface area contributed by atoms with E-state index < -0.39 is 5.60 Å². The molecule has 20 heavy (non-hydrogen) atoms. The molecule has 0 saturated carbocycles. The predicted octanol–water partition coefficient (Wildman–Crippen LogP) is 2.37. The molecule has 3 rings (SSSR count). The molecule has 1 atom stereocenters. The van der Waals surface area contributed by atoms with E-state index >= 15 is 0 Å². The predicted molar refractivity (Wildman–Crippen MR) is 76.9 cm³/mol. The van der Waals surface area contributed by atoms with Gasteiger partial charge in [0.15, 0.2) is 0 Å². The van der Waals surface area contributed by atoms with E-state index in [9.17, 15) is 5.11 Å². The lowest BCUT2D eigenvalue weighted by Crippen LogP contribution is -2.29. The first kappa shape index (κ1) is 13.6. The Hall–Kier alpha value is -1.36. The summed E-state index contributed by atoms with van der Waals surface area (Å²) in [6.45, 7) is 1.10. The SMILES string of the molecule is COCCn1ncc(Cl)c1C1(O)CCc2ccccc21. The molecule has 106 valence electrons. The number of aliphatic hydroxyl groups is 1. The molecule has 1 aliphatic rings. The Morgan fingerprint density at radius 1 is 1.45 bits per heavy atom. The van der Waals surface area contributed by atoms with Gasteiger partial charge in [0, 0.05) is 7.11 Å². The molecule has 0 bridgehead atoms. The molecule has 2 aromatic rings. The van der Waals surface area contributed by atoms with Gasteiger partial charge in [0.2, 0.25) is 0 Å². The second-order valence-electron chi connectivity index (χ2n) is 5.07. The molecular weight excluding hydrogens is 276 g/mol. The highest BCUT2D eigenvalue weighted by Crippen LogP contribution is 2.44. The van der Waals surface area contributed by atoms with Crippen LogP contribution in [-0.4, -0.2) is 28.6 Å². The molecule has 1 unspecified atom stereocenters. The van der Waals surface area contributed by atoms with Gasteiger partial charge in [-0.15, -0.1) is 0 Å². The van der Waals surface area contributed by atoms with E-state index in [0.717, 1.165) is 12.0 Å². The third-order valence-corrected chi connectivity index (χ3v) is 4.19. The van der Waals surface area contributed by atoms with Gasteiger partial charge in [-0.1, -0.05) is 35.9 Å². The molecular formula is C15H17ClN2O2. The van der Waals surface area contributed by atoms with Crippen molar-refractivity contribution in [2.24, 2.45) is 0 Å². The van der Waals surface area contributed by atoms with Crippen LogP contribution in [-0.2, 0) is 23.3 Å². The monoisotopic (exact) mass is 292 g/mol. The van der Waals surface area contributed by atoms with Crippen LogP contribution in [0, 0.1) is 0 Å². The fourth-order valence-electron chi connectivity index (χ4n) is 2.96. The van der Waals surface area contributed by atoms with Crippen LogP contribution >= 0.6 is 11.6 Å². The largest absolute Gasteiger partial charge is 0.383 e. The van der Waals surface area contributed by atoms with Crippen LogP contribution in [0.3, 0.4) is 0 Å². The minimum absolute atomic E-state index is 0.500. The maximum atomic E-state index is 11.2. The lowest BCUT2D eigenvalue weighted by atomic mass is 9.92. The van der Waals surface area contributed by atoms with Crippen LogP contribution in [0.1, 0.15) is 23.2 Å². The van der Waals surface area contributed by atoms with Gasteiger partial charge in [0.1, 0.15) is 5.60 Å². The zero-order valence-corrected chi connectivity index (χ0v) is 12.1. The van der Waals surface area contributed by atoms with Crippen molar-refractivity contribution in [1.82, 2.24) is 9.78 Å². The smallest absolute Gasteiger partial charge is 0.133 e. The summed E-state index contributed by atoms with van der Waals surface area (Å²) in [6.07, 6.45) is 3.06. The number of benzene rings is 1. The zero-order valence-electron chi connectivity index (χ0n) is 11.3. The third kappa shape index (κ3) is 2.04.